The number of hydrogen-bond donors (Lipinski definition) is 3. The molecule has 11 nitrogen and oxygen atoms in total. The number of carbonyl (C=O) groups is 2. The summed E-state index contributed by atoms with van der Waals surface area (Å²) < 4.78 is 40.1. The average Bonchev–Trinajstić information content (AvgIpc) is 2.83. The van der Waals surface area contributed by atoms with Gasteiger partial charge in [0.2, 0.25) is 10.0 Å². The summed E-state index contributed by atoms with van der Waals surface area (Å²) >= 11 is 0. The number of hydrogen-bond acceptors (Lipinski definition) is 7. The van der Waals surface area contributed by atoms with E-state index in [-0.39, 0.29) is 70.8 Å². The molecule has 188 valence electrons. The second kappa shape index (κ2) is 11.9. The van der Waals surface area contributed by atoms with Crippen LogP contribution in [0.5, 0.6) is 5.75 Å². The normalized spacial score (nSPS) is 14.3. The summed E-state index contributed by atoms with van der Waals surface area (Å²) in [5.74, 6) is -2.49. The summed E-state index contributed by atoms with van der Waals surface area (Å²) in [6.45, 7) is 0.0246. The maximum atomic E-state index is 13.6. The molecule has 0 aliphatic carbocycles. The number of pyridine rings is 2. The standard InChI is InChI=1S/C22H22FN5O5S.Na.H2O.H/c1-24-21(30)16-11-14(23)7-6-13(16)12-26-22(31)18-19(29)17-15(5-4-8-25-17)20(27-18)28-9-2-3-10-34(28,32)33;;;/h4-8,11,29H,2-3,9-10,12H2,1H3,(H,24,30)(H,26,31);;1H2;. The van der Waals surface area contributed by atoms with Crippen LogP contribution in [-0.2, 0) is 16.6 Å². The van der Waals surface area contributed by atoms with E-state index in [9.17, 15) is 27.5 Å². The van der Waals surface area contributed by atoms with Crippen molar-refractivity contribution in [3.05, 3.63) is 59.2 Å². The van der Waals surface area contributed by atoms with Crippen LogP contribution < -0.4 is 14.9 Å². The van der Waals surface area contributed by atoms with Crippen molar-refractivity contribution in [1.82, 2.24) is 20.6 Å². The molecule has 0 radical (unpaired) electrons. The molecule has 3 aromatic rings. The number of anilines is 1. The molecule has 36 heavy (non-hydrogen) atoms. The van der Waals surface area contributed by atoms with Gasteiger partial charge in [-0.2, -0.15) is 0 Å². The molecular formula is C22H25FN5NaO6S. The second-order valence-electron chi connectivity index (χ2n) is 7.69. The topological polar surface area (TPSA) is 173 Å². The number of sulfonamides is 1. The fourth-order valence-electron chi connectivity index (χ4n) is 3.79. The van der Waals surface area contributed by atoms with E-state index in [0.29, 0.717) is 23.8 Å². The Bertz CT molecular complexity index is 1410. The third-order valence-electron chi connectivity index (χ3n) is 5.50. The van der Waals surface area contributed by atoms with Crippen LogP contribution in [0.2, 0.25) is 0 Å². The van der Waals surface area contributed by atoms with Gasteiger partial charge in [0.05, 0.1) is 5.75 Å². The van der Waals surface area contributed by atoms with Gasteiger partial charge >= 0.3 is 29.6 Å². The summed E-state index contributed by atoms with van der Waals surface area (Å²) in [4.78, 5) is 33.4. The van der Waals surface area contributed by atoms with Crippen molar-refractivity contribution >= 4 is 68.1 Å². The Morgan fingerprint density at radius 1 is 1.19 bits per heavy atom. The van der Waals surface area contributed by atoms with Crippen molar-refractivity contribution in [2.75, 3.05) is 23.7 Å². The summed E-state index contributed by atoms with van der Waals surface area (Å²) in [7, 11) is -2.25. The first kappa shape index (κ1) is 29.4. The van der Waals surface area contributed by atoms with Crippen LogP contribution >= 0.6 is 0 Å². The number of rotatable bonds is 5. The monoisotopic (exact) mass is 529 g/mol. The molecule has 2 amide bonds. The van der Waals surface area contributed by atoms with Crippen LogP contribution in [0, 0.1) is 5.82 Å². The Morgan fingerprint density at radius 2 is 1.94 bits per heavy atom. The first-order valence-electron chi connectivity index (χ1n) is 10.5. The Hall–Kier alpha value is -2.84. The zero-order chi connectivity index (χ0) is 24.5. The van der Waals surface area contributed by atoms with Crippen molar-refractivity contribution in [2.24, 2.45) is 0 Å². The number of nitrogens with zero attached hydrogens (tertiary/aromatic N) is 3. The molecule has 3 heterocycles. The van der Waals surface area contributed by atoms with Gasteiger partial charge < -0.3 is 21.2 Å². The van der Waals surface area contributed by atoms with Gasteiger partial charge in [0.25, 0.3) is 11.8 Å². The molecular weight excluding hydrogens is 504 g/mol. The number of aromatic nitrogens is 2. The zero-order valence-electron chi connectivity index (χ0n) is 18.7. The molecule has 1 aromatic carbocycles. The van der Waals surface area contributed by atoms with Gasteiger partial charge in [-0.05, 0) is 42.7 Å². The fourth-order valence-corrected chi connectivity index (χ4v) is 5.39. The number of fused-ring (bicyclic) bond motifs is 1. The Morgan fingerprint density at radius 3 is 2.64 bits per heavy atom. The minimum absolute atomic E-state index is 0. The first-order valence-corrected chi connectivity index (χ1v) is 12.1. The molecule has 0 atom stereocenters. The maximum absolute atomic E-state index is 13.6. The van der Waals surface area contributed by atoms with Crippen LogP contribution in [0.3, 0.4) is 0 Å². The summed E-state index contributed by atoms with van der Waals surface area (Å²) in [5, 5.41) is 16.0. The van der Waals surface area contributed by atoms with E-state index in [1.165, 1.54) is 19.3 Å². The van der Waals surface area contributed by atoms with E-state index in [2.05, 4.69) is 20.6 Å². The van der Waals surface area contributed by atoms with Crippen molar-refractivity contribution < 1.29 is 33.0 Å². The molecule has 0 saturated carbocycles. The molecule has 2 aromatic heterocycles. The molecule has 0 spiro atoms. The molecule has 1 fully saturated rings. The predicted molar refractivity (Wildman–Crippen MR) is 133 cm³/mol. The van der Waals surface area contributed by atoms with Gasteiger partial charge in [0.1, 0.15) is 11.3 Å². The van der Waals surface area contributed by atoms with Gasteiger partial charge in [-0.15, -0.1) is 0 Å². The quantitative estimate of drug-likeness (QED) is 0.397. The van der Waals surface area contributed by atoms with Gasteiger partial charge in [-0.3, -0.25) is 18.9 Å². The molecule has 0 unspecified atom stereocenters. The number of amides is 2. The van der Waals surface area contributed by atoms with Gasteiger partial charge in [-0.1, -0.05) is 6.07 Å². The number of benzene rings is 1. The van der Waals surface area contributed by atoms with E-state index >= 15 is 0 Å². The van der Waals surface area contributed by atoms with Crippen LogP contribution in [0.15, 0.2) is 36.5 Å². The van der Waals surface area contributed by atoms with E-state index in [0.717, 1.165) is 16.4 Å². The van der Waals surface area contributed by atoms with E-state index in [1.54, 1.807) is 12.1 Å². The van der Waals surface area contributed by atoms with Crippen LogP contribution in [0.4, 0.5) is 10.2 Å². The Balaban J connectivity index is 0.00000228. The van der Waals surface area contributed by atoms with Crippen molar-refractivity contribution in [1.29, 1.82) is 0 Å². The number of aromatic hydroxyl groups is 1. The van der Waals surface area contributed by atoms with E-state index in [4.69, 9.17) is 0 Å². The molecule has 14 heteroatoms. The fraction of sp³-hybridized carbons (Fsp3) is 0.273. The number of carbonyl (C=O) groups excluding carboxylic acids is 2. The first-order chi connectivity index (χ1) is 16.2. The van der Waals surface area contributed by atoms with E-state index in [1.807, 2.05) is 0 Å². The zero-order valence-corrected chi connectivity index (χ0v) is 19.5. The third-order valence-corrected chi connectivity index (χ3v) is 7.33. The summed E-state index contributed by atoms with van der Waals surface area (Å²) in [6, 6.07) is 6.72. The summed E-state index contributed by atoms with van der Waals surface area (Å²) in [6.07, 6.45) is 2.55. The molecule has 0 bridgehead atoms. The molecule has 1 aliphatic heterocycles. The Labute approximate surface area is 228 Å². The molecule has 1 saturated heterocycles. The molecule has 5 N–H and O–H groups in total. The van der Waals surface area contributed by atoms with Crippen LogP contribution in [-0.4, -0.2) is 89.7 Å². The van der Waals surface area contributed by atoms with Crippen LogP contribution in [0.1, 0.15) is 39.3 Å². The Kier molecular flexibility index (Phi) is 9.74. The van der Waals surface area contributed by atoms with Gasteiger partial charge in [0.15, 0.2) is 17.3 Å². The van der Waals surface area contributed by atoms with E-state index < -0.39 is 39.1 Å². The average molecular weight is 530 g/mol. The van der Waals surface area contributed by atoms with Gasteiger partial charge in [-0.25, -0.2) is 17.8 Å². The van der Waals surface area contributed by atoms with Gasteiger partial charge in [0, 0.05) is 37.3 Å². The van der Waals surface area contributed by atoms with Crippen LogP contribution in [0.25, 0.3) is 10.9 Å². The second-order valence-corrected chi connectivity index (χ2v) is 9.70. The van der Waals surface area contributed by atoms with Crippen molar-refractivity contribution in [2.45, 2.75) is 19.4 Å². The number of nitrogens with one attached hydrogen (secondary N) is 2. The molecule has 1 aliphatic rings. The third kappa shape index (κ3) is 5.76. The minimum atomic E-state index is -3.65. The van der Waals surface area contributed by atoms with Crippen molar-refractivity contribution in [3.63, 3.8) is 0 Å². The number of halogens is 1. The SMILES string of the molecule is CNC(=O)c1cc(F)ccc1CNC(=O)c1nc(N2CCCCS2(=O)=O)c2cccnc2c1O.O.[NaH]. The predicted octanol–water partition coefficient (Wildman–Crippen LogP) is 0.221. The summed E-state index contributed by atoms with van der Waals surface area (Å²) in [5.41, 5.74) is 0.00317. The molecule has 4 rings (SSSR count). The van der Waals surface area contributed by atoms with Crippen molar-refractivity contribution in [3.8, 4) is 5.75 Å².